The molecule has 0 bridgehead atoms. The van der Waals surface area contributed by atoms with Crippen LogP contribution in [0.3, 0.4) is 0 Å². The summed E-state index contributed by atoms with van der Waals surface area (Å²) in [7, 11) is 0. The Morgan fingerprint density at radius 2 is 1.72 bits per heavy atom. The smallest absolute Gasteiger partial charge is 0.0757 e. The molecule has 0 radical (unpaired) electrons. The average molecular weight is 403 g/mol. The third-order valence-electron chi connectivity index (χ3n) is 10.3. The van der Waals surface area contributed by atoms with Gasteiger partial charge in [0.1, 0.15) is 0 Å². The van der Waals surface area contributed by atoms with Crippen molar-refractivity contribution in [1.82, 2.24) is 0 Å². The lowest BCUT2D eigenvalue weighted by molar-refractivity contribution is -0.0970. The summed E-state index contributed by atoms with van der Waals surface area (Å²) in [5, 5.41) is 21.5. The Morgan fingerprint density at radius 1 is 0.966 bits per heavy atom. The second-order valence-electron chi connectivity index (χ2n) is 12.3. The SMILES string of the molecule is CC(C)CCC[C@H](C)[C@H]1CC[C@H]2[C@@H]3[C@H](O)C=C4C[C@@H](O)CC[C@]4(C)[C@H]3CC[C@]12C. The molecule has 3 saturated carbocycles. The highest BCUT2D eigenvalue weighted by molar-refractivity contribution is 5.27. The van der Waals surface area contributed by atoms with E-state index in [0.29, 0.717) is 23.2 Å². The highest BCUT2D eigenvalue weighted by atomic mass is 16.3. The Morgan fingerprint density at radius 3 is 2.45 bits per heavy atom. The Bertz CT molecular complexity index is 624. The van der Waals surface area contributed by atoms with Crippen molar-refractivity contribution >= 4 is 0 Å². The molecule has 4 aliphatic carbocycles. The first-order valence-electron chi connectivity index (χ1n) is 12.7. The van der Waals surface area contributed by atoms with Crippen LogP contribution in [-0.4, -0.2) is 22.4 Å². The van der Waals surface area contributed by atoms with Crippen LogP contribution in [0, 0.1) is 46.3 Å². The van der Waals surface area contributed by atoms with Gasteiger partial charge in [-0.05, 0) is 91.3 Å². The first kappa shape index (κ1) is 21.9. The molecule has 9 atom stereocenters. The Balaban J connectivity index is 1.54. The van der Waals surface area contributed by atoms with Crippen molar-refractivity contribution < 1.29 is 10.2 Å². The molecule has 0 aromatic carbocycles. The summed E-state index contributed by atoms with van der Waals surface area (Å²) in [4.78, 5) is 0. The molecular weight excluding hydrogens is 356 g/mol. The Hall–Kier alpha value is -0.340. The quantitative estimate of drug-likeness (QED) is 0.525. The summed E-state index contributed by atoms with van der Waals surface area (Å²) in [6.45, 7) is 12.2. The van der Waals surface area contributed by atoms with Crippen LogP contribution < -0.4 is 0 Å². The van der Waals surface area contributed by atoms with Gasteiger partial charge >= 0.3 is 0 Å². The van der Waals surface area contributed by atoms with E-state index in [4.69, 9.17) is 0 Å². The standard InChI is InChI=1S/C27H46O2/c1-17(2)7-6-8-18(3)21-9-10-22-25-23(12-14-27(21,22)5)26(4)13-11-20(28)15-19(26)16-24(25)29/h16-18,20-25,28-29H,6-15H2,1-5H3/t18-,20-,21+,22-,23-,24+,25-,26-,27+/m0/s1. The van der Waals surface area contributed by atoms with E-state index < -0.39 is 0 Å². The van der Waals surface area contributed by atoms with Crippen molar-refractivity contribution in [3.63, 3.8) is 0 Å². The molecule has 0 unspecified atom stereocenters. The summed E-state index contributed by atoms with van der Waals surface area (Å²) in [6.07, 6.45) is 13.9. The van der Waals surface area contributed by atoms with Gasteiger partial charge in [0.25, 0.3) is 0 Å². The minimum Gasteiger partial charge on any atom is -0.393 e. The third kappa shape index (κ3) is 3.65. The molecule has 2 heteroatoms. The van der Waals surface area contributed by atoms with E-state index in [1.807, 2.05) is 0 Å². The molecule has 2 N–H and O–H groups in total. The van der Waals surface area contributed by atoms with E-state index in [1.54, 1.807) is 0 Å². The van der Waals surface area contributed by atoms with E-state index in [9.17, 15) is 10.2 Å². The number of aliphatic hydroxyl groups is 2. The average Bonchev–Trinajstić information content (AvgIpc) is 3.00. The maximum atomic E-state index is 11.3. The van der Waals surface area contributed by atoms with Crippen molar-refractivity contribution in [2.45, 2.75) is 111 Å². The maximum Gasteiger partial charge on any atom is 0.0757 e. The van der Waals surface area contributed by atoms with Gasteiger partial charge in [0.15, 0.2) is 0 Å². The van der Waals surface area contributed by atoms with Crippen molar-refractivity contribution in [2.75, 3.05) is 0 Å². The van der Waals surface area contributed by atoms with Gasteiger partial charge in [0.2, 0.25) is 0 Å². The normalized spacial score (nSPS) is 47.9. The van der Waals surface area contributed by atoms with Crippen molar-refractivity contribution in [1.29, 1.82) is 0 Å². The molecule has 0 heterocycles. The fourth-order valence-electron chi connectivity index (χ4n) is 8.65. The summed E-state index contributed by atoms with van der Waals surface area (Å²) in [5.74, 6) is 4.18. The molecular formula is C27H46O2. The van der Waals surface area contributed by atoms with Crippen LogP contribution in [0.15, 0.2) is 11.6 Å². The lowest BCUT2D eigenvalue weighted by Crippen LogP contribution is -2.54. The molecule has 3 fully saturated rings. The molecule has 0 amide bonds. The molecule has 4 aliphatic rings. The zero-order chi connectivity index (χ0) is 21.0. The summed E-state index contributed by atoms with van der Waals surface area (Å²) in [5.41, 5.74) is 1.99. The van der Waals surface area contributed by atoms with Crippen LogP contribution in [0.5, 0.6) is 0 Å². The first-order chi connectivity index (χ1) is 13.7. The highest BCUT2D eigenvalue weighted by Crippen LogP contribution is 2.67. The van der Waals surface area contributed by atoms with Crippen LogP contribution >= 0.6 is 0 Å². The van der Waals surface area contributed by atoms with Gasteiger partial charge in [-0.25, -0.2) is 0 Å². The van der Waals surface area contributed by atoms with Crippen molar-refractivity contribution in [3.05, 3.63) is 11.6 Å². The minimum absolute atomic E-state index is 0.200. The fourth-order valence-corrected chi connectivity index (χ4v) is 8.65. The van der Waals surface area contributed by atoms with Gasteiger partial charge in [0.05, 0.1) is 12.2 Å². The van der Waals surface area contributed by atoms with E-state index in [-0.39, 0.29) is 17.6 Å². The summed E-state index contributed by atoms with van der Waals surface area (Å²) in [6, 6.07) is 0. The second-order valence-corrected chi connectivity index (χ2v) is 12.3. The molecule has 29 heavy (non-hydrogen) atoms. The maximum absolute atomic E-state index is 11.3. The Labute approximate surface area is 179 Å². The molecule has 0 aromatic rings. The van der Waals surface area contributed by atoms with Crippen LogP contribution in [0.2, 0.25) is 0 Å². The third-order valence-corrected chi connectivity index (χ3v) is 10.3. The largest absolute Gasteiger partial charge is 0.393 e. The molecule has 4 rings (SSSR count). The molecule has 0 saturated heterocycles. The number of fused-ring (bicyclic) bond motifs is 5. The van der Waals surface area contributed by atoms with Gasteiger partial charge in [0, 0.05) is 0 Å². The molecule has 0 aliphatic heterocycles. The zero-order valence-electron chi connectivity index (χ0n) is 19.7. The predicted octanol–water partition coefficient (Wildman–Crippen LogP) is 6.36. The lowest BCUT2D eigenvalue weighted by Gasteiger charge is -2.59. The van der Waals surface area contributed by atoms with Crippen LogP contribution in [-0.2, 0) is 0 Å². The monoisotopic (exact) mass is 402 g/mol. The van der Waals surface area contributed by atoms with Gasteiger partial charge < -0.3 is 10.2 Å². The predicted molar refractivity (Wildman–Crippen MR) is 120 cm³/mol. The number of aliphatic hydroxyl groups excluding tert-OH is 2. The number of hydrogen-bond donors (Lipinski definition) is 2. The summed E-state index contributed by atoms with van der Waals surface area (Å²) < 4.78 is 0. The second kappa shape index (κ2) is 7.97. The topological polar surface area (TPSA) is 40.5 Å². The minimum atomic E-state index is -0.298. The van der Waals surface area contributed by atoms with Crippen molar-refractivity contribution in [2.24, 2.45) is 46.3 Å². The van der Waals surface area contributed by atoms with E-state index >= 15 is 0 Å². The number of rotatable bonds is 5. The van der Waals surface area contributed by atoms with E-state index in [0.717, 1.165) is 37.0 Å². The summed E-state index contributed by atoms with van der Waals surface area (Å²) >= 11 is 0. The molecule has 0 aromatic heterocycles. The zero-order valence-corrected chi connectivity index (χ0v) is 19.7. The van der Waals surface area contributed by atoms with Gasteiger partial charge in [-0.1, -0.05) is 65.5 Å². The van der Waals surface area contributed by atoms with Crippen LogP contribution in [0.4, 0.5) is 0 Å². The fraction of sp³-hybridized carbons (Fsp3) is 0.926. The van der Waals surface area contributed by atoms with Crippen LogP contribution in [0.1, 0.15) is 98.8 Å². The van der Waals surface area contributed by atoms with Gasteiger partial charge in [-0.15, -0.1) is 0 Å². The molecule has 2 nitrogen and oxygen atoms in total. The lowest BCUT2D eigenvalue weighted by atomic mass is 9.46. The molecule has 166 valence electrons. The number of hydrogen-bond acceptors (Lipinski definition) is 2. The highest BCUT2D eigenvalue weighted by Gasteiger charge is 2.61. The Kier molecular flexibility index (Phi) is 6.01. The van der Waals surface area contributed by atoms with E-state index in [1.165, 1.54) is 50.5 Å². The van der Waals surface area contributed by atoms with E-state index in [2.05, 4.69) is 40.7 Å². The van der Waals surface area contributed by atoms with Crippen molar-refractivity contribution in [3.8, 4) is 0 Å². The van der Waals surface area contributed by atoms with Crippen LogP contribution in [0.25, 0.3) is 0 Å². The molecule has 0 spiro atoms. The first-order valence-corrected chi connectivity index (χ1v) is 12.7. The van der Waals surface area contributed by atoms with Gasteiger partial charge in [-0.3, -0.25) is 0 Å². The van der Waals surface area contributed by atoms with Gasteiger partial charge in [-0.2, -0.15) is 0 Å².